The number of hydrogen-bond acceptors (Lipinski definition) is 4. The summed E-state index contributed by atoms with van der Waals surface area (Å²) in [7, 11) is -3.10. The third kappa shape index (κ3) is 3.53. The number of nitrogens with one attached hydrogen (secondary N) is 1. The number of rotatable bonds is 5. The molecule has 14 heavy (non-hydrogen) atoms. The van der Waals surface area contributed by atoms with Crippen molar-refractivity contribution >= 4 is 10.0 Å². The fourth-order valence-corrected chi connectivity index (χ4v) is 1.85. The van der Waals surface area contributed by atoms with Crippen molar-refractivity contribution in [2.45, 2.75) is 26.1 Å². The van der Waals surface area contributed by atoms with E-state index < -0.39 is 15.8 Å². The third-order valence-electron chi connectivity index (χ3n) is 2.18. The molecule has 0 aromatic heterocycles. The molecule has 1 rings (SSSR count). The zero-order chi connectivity index (χ0) is 10.7. The highest BCUT2D eigenvalue weighted by atomic mass is 32.2. The topological polar surface area (TPSA) is 64.6 Å². The van der Waals surface area contributed by atoms with E-state index in [2.05, 4.69) is 4.72 Å². The fraction of sp³-hybridized carbons (Fsp3) is 1.00. The Balaban J connectivity index is 2.27. The summed E-state index contributed by atoms with van der Waals surface area (Å²) in [6, 6.07) is 0. The first kappa shape index (κ1) is 11.9. The van der Waals surface area contributed by atoms with Crippen molar-refractivity contribution in [1.29, 1.82) is 0 Å². The first-order valence-corrected chi connectivity index (χ1v) is 6.38. The van der Waals surface area contributed by atoms with Crippen LogP contribution in [0.25, 0.3) is 0 Å². The second-order valence-corrected chi connectivity index (χ2v) is 5.47. The van der Waals surface area contributed by atoms with Crippen LogP contribution in [-0.2, 0) is 19.5 Å². The Labute approximate surface area is 84.8 Å². The molecule has 0 amide bonds. The lowest BCUT2D eigenvalue weighted by Crippen LogP contribution is -2.34. The zero-order valence-corrected chi connectivity index (χ0v) is 9.39. The van der Waals surface area contributed by atoms with E-state index in [0.29, 0.717) is 26.2 Å². The Hall–Kier alpha value is -0.170. The Morgan fingerprint density at radius 3 is 2.43 bits per heavy atom. The molecule has 1 saturated heterocycles. The monoisotopic (exact) mass is 223 g/mol. The largest absolute Gasteiger partial charge is 0.348 e. The van der Waals surface area contributed by atoms with Gasteiger partial charge in [0.25, 0.3) is 0 Å². The summed E-state index contributed by atoms with van der Waals surface area (Å²) in [4.78, 5) is 0. The van der Waals surface area contributed by atoms with Gasteiger partial charge in [0.1, 0.15) is 0 Å². The van der Waals surface area contributed by atoms with Gasteiger partial charge in [0.05, 0.1) is 19.0 Å². The molecule has 0 aromatic rings. The summed E-state index contributed by atoms with van der Waals surface area (Å²) in [6.07, 6.45) is 0.534. The quantitative estimate of drug-likeness (QED) is 0.717. The molecule has 1 fully saturated rings. The highest BCUT2D eigenvalue weighted by molar-refractivity contribution is 7.89. The van der Waals surface area contributed by atoms with E-state index in [-0.39, 0.29) is 5.75 Å². The minimum absolute atomic E-state index is 0.103. The van der Waals surface area contributed by atoms with Crippen molar-refractivity contribution in [3.05, 3.63) is 0 Å². The molecule has 0 radical (unpaired) electrons. The molecule has 0 atom stereocenters. The molecular weight excluding hydrogens is 206 g/mol. The van der Waals surface area contributed by atoms with Gasteiger partial charge in [0.2, 0.25) is 10.0 Å². The van der Waals surface area contributed by atoms with E-state index in [4.69, 9.17) is 9.47 Å². The minimum Gasteiger partial charge on any atom is -0.348 e. The Kier molecular flexibility index (Phi) is 3.88. The molecule has 0 aliphatic carbocycles. The van der Waals surface area contributed by atoms with E-state index in [1.54, 1.807) is 6.92 Å². The minimum atomic E-state index is -3.10. The highest BCUT2D eigenvalue weighted by Gasteiger charge is 2.30. The molecular formula is C8H17NO4S. The SMILES string of the molecule is CCS(=O)(=O)NCCC1(C)OCCO1. The van der Waals surface area contributed by atoms with Gasteiger partial charge in [-0.05, 0) is 13.8 Å². The molecule has 0 bridgehead atoms. The zero-order valence-electron chi connectivity index (χ0n) is 8.58. The van der Waals surface area contributed by atoms with Crippen LogP contribution in [0.5, 0.6) is 0 Å². The molecule has 5 nitrogen and oxygen atoms in total. The van der Waals surface area contributed by atoms with Gasteiger partial charge in [-0.3, -0.25) is 0 Å². The lowest BCUT2D eigenvalue weighted by atomic mass is 10.2. The lowest BCUT2D eigenvalue weighted by Gasteiger charge is -2.21. The fourth-order valence-electron chi connectivity index (χ4n) is 1.24. The van der Waals surface area contributed by atoms with Gasteiger partial charge in [-0.2, -0.15) is 0 Å². The Morgan fingerprint density at radius 1 is 1.36 bits per heavy atom. The van der Waals surface area contributed by atoms with Gasteiger partial charge in [-0.1, -0.05) is 0 Å². The smallest absolute Gasteiger partial charge is 0.211 e. The average Bonchev–Trinajstić information content (AvgIpc) is 2.52. The summed E-state index contributed by atoms with van der Waals surface area (Å²) >= 11 is 0. The van der Waals surface area contributed by atoms with E-state index in [9.17, 15) is 8.42 Å². The molecule has 1 N–H and O–H groups in total. The molecule has 1 aliphatic heterocycles. The Morgan fingerprint density at radius 2 is 1.93 bits per heavy atom. The summed E-state index contributed by atoms with van der Waals surface area (Å²) in [6.45, 7) is 4.94. The second kappa shape index (κ2) is 4.57. The van der Waals surface area contributed by atoms with Crippen LogP contribution in [0.3, 0.4) is 0 Å². The van der Waals surface area contributed by atoms with Gasteiger partial charge in [-0.15, -0.1) is 0 Å². The van der Waals surface area contributed by atoms with Crippen molar-refractivity contribution in [1.82, 2.24) is 4.72 Å². The number of ether oxygens (including phenoxy) is 2. The van der Waals surface area contributed by atoms with Gasteiger partial charge >= 0.3 is 0 Å². The third-order valence-corrected chi connectivity index (χ3v) is 3.58. The van der Waals surface area contributed by atoms with Crippen molar-refractivity contribution in [3.63, 3.8) is 0 Å². The van der Waals surface area contributed by atoms with E-state index in [1.807, 2.05) is 6.92 Å². The van der Waals surface area contributed by atoms with Crippen molar-refractivity contribution in [3.8, 4) is 0 Å². The molecule has 0 saturated carbocycles. The lowest BCUT2D eigenvalue weighted by molar-refractivity contribution is -0.145. The van der Waals surface area contributed by atoms with Gasteiger partial charge in [0.15, 0.2) is 5.79 Å². The van der Waals surface area contributed by atoms with E-state index in [0.717, 1.165) is 0 Å². The van der Waals surface area contributed by atoms with Crippen LogP contribution in [0.2, 0.25) is 0 Å². The van der Waals surface area contributed by atoms with Crippen LogP contribution >= 0.6 is 0 Å². The van der Waals surface area contributed by atoms with Crippen LogP contribution in [0.15, 0.2) is 0 Å². The Bertz CT molecular complexity index is 269. The second-order valence-electron chi connectivity index (χ2n) is 3.38. The maximum Gasteiger partial charge on any atom is 0.211 e. The predicted octanol–water partition coefficient (Wildman–Crippen LogP) is 0.0788. The average molecular weight is 223 g/mol. The molecule has 0 aromatic carbocycles. The molecule has 6 heteroatoms. The van der Waals surface area contributed by atoms with Crippen LogP contribution in [0.1, 0.15) is 20.3 Å². The van der Waals surface area contributed by atoms with Gasteiger partial charge in [-0.25, -0.2) is 13.1 Å². The number of sulfonamides is 1. The van der Waals surface area contributed by atoms with Crippen LogP contribution in [0, 0.1) is 0 Å². The molecule has 84 valence electrons. The summed E-state index contributed by atoms with van der Waals surface area (Å²) in [5.41, 5.74) is 0. The first-order chi connectivity index (χ1) is 6.47. The summed E-state index contributed by atoms with van der Waals surface area (Å²) < 4.78 is 35.3. The predicted molar refractivity (Wildman–Crippen MR) is 52.4 cm³/mol. The van der Waals surface area contributed by atoms with E-state index in [1.165, 1.54) is 0 Å². The van der Waals surface area contributed by atoms with Crippen LogP contribution < -0.4 is 4.72 Å². The van der Waals surface area contributed by atoms with Crippen LogP contribution in [0.4, 0.5) is 0 Å². The standard InChI is InChI=1S/C8H17NO4S/c1-3-14(10,11)9-5-4-8(2)12-6-7-13-8/h9H,3-7H2,1-2H3. The normalized spacial score (nSPS) is 21.3. The maximum atomic E-state index is 11.1. The molecule has 1 aliphatic rings. The highest BCUT2D eigenvalue weighted by Crippen LogP contribution is 2.21. The number of hydrogen-bond donors (Lipinski definition) is 1. The van der Waals surface area contributed by atoms with Crippen molar-refractivity contribution < 1.29 is 17.9 Å². The van der Waals surface area contributed by atoms with Crippen molar-refractivity contribution in [2.75, 3.05) is 25.5 Å². The molecule has 1 heterocycles. The van der Waals surface area contributed by atoms with Crippen molar-refractivity contribution in [2.24, 2.45) is 0 Å². The van der Waals surface area contributed by atoms with Gasteiger partial charge in [0, 0.05) is 13.0 Å². The van der Waals surface area contributed by atoms with E-state index >= 15 is 0 Å². The van der Waals surface area contributed by atoms with Crippen LogP contribution in [-0.4, -0.2) is 39.7 Å². The molecule has 0 unspecified atom stereocenters. The van der Waals surface area contributed by atoms with Gasteiger partial charge < -0.3 is 9.47 Å². The maximum absolute atomic E-state index is 11.1. The summed E-state index contributed by atoms with van der Waals surface area (Å²) in [5.74, 6) is -0.512. The first-order valence-electron chi connectivity index (χ1n) is 4.73. The summed E-state index contributed by atoms with van der Waals surface area (Å²) in [5, 5.41) is 0. The molecule has 0 spiro atoms.